The number of benzene rings is 3. The highest BCUT2D eigenvalue weighted by Gasteiger charge is 2.38. The van der Waals surface area contributed by atoms with E-state index >= 15 is 0 Å². The molecule has 11 heteroatoms. The molecule has 1 amide bonds. The lowest BCUT2D eigenvalue weighted by Gasteiger charge is -2.18. The zero-order valence-electron chi connectivity index (χ0n) is 19.4. The Hall–Kier alpha value is -4.12. The molecule has 5 rings (SSSR count). The number of thiazole rings is 1. The van der Waals surface area contributed by atoms with Gasteiger partial charge in [0.05, 0.1) is 17.5 Å². The average molecular weight is 544 g/mol. The second-order valence-electron chi connectivity index (χ2n) is 8.45. The minimum atomic E-state index is -4.78. The van der Waals surface area contributed by atoms with Gasteiger partial charge in [-0.05, 0) is 41.0 Å². The summed E-state index contributed by atoms with van der Waals surface area (Å²) in [4.78, 5) is 21.8. The number of aliphatic imine (C=N–C) groups is 1. The van der Waals surface area contributed by atoms with Gasteiger partial charge in [0, 0.05) is 23.7 Å². The number of amides is 1. The zero-order chi connectivity index (χ0) is 26.9. The number of nitrogens with one attached hydrogen (secondary N) is 1. The third kappa shape index (κ3) is 5.57. The Morgan fingerprint density at radius 2 is 1.58 bits per heavy atom. The van der Waals surface area contributed by atoms with Crippen LogP contribution in [0, 0.1) is 17.6 Å². The maximum atomic E-state index is 14.5. The molecule has 38 heavy (non-hydrogen) atoms. The van der Waals surface area contributed by atoms with E-state index in [0.29, 0.717) is 21.8 Å². The van der Waals surface area contributed by atoms with Crippen molar-refractivity contribution >= 4 is 28.1 Å². The summed E-state index contributed by atoms with van der Waals surface area (Å²) >= 11 is 1.24. The third-order valence-electron chi connectivity index (χ3n) is 6.01. The highest BCUT2D eigenvalue weighted by atomic mass is 32.1. The molecule has 0 spiro atoms. The minimum absolute atomic E-state index is 0.0160. The first-order valence-electron chi connectivity index (χ1n) is 11.4. The zero-order valence-corrected chi connectivity index (χ0v) is 20.2. The first-order valence-corrected chi connectivity index (χ1v) is 12.2. The maximum Gasteiger partial charge on any atom is 0.573 e. The lowest BCUT2D eigenvalue weighted by Crippen LogP contribution is -2.26. The van der Waals surface area contributed by atoms with E-state index in [1.165, 1.54) is 41.7 Å². The fourth-order valence-corrected chi connectivity index (χ4v) is 4.85. The van der Waals surface area contributed by atoms with Gasteiger partial charge >= 0.3 is 6.36 Å². The molecule has 3 aromatic carbocycles. The third-order valence-corrected chi connectivity index (χ3v) is 6.70. The standard InChI is InChI=1S/C27H18F5N3O2S/c28-20-2-1-3-21(29)23(20)22-14-19(25(36)35-26-33-12-13-38-26)24(34-22)17-6-4-15(5-7-17)16-8-10-18(11-9-16)37-27(30,31)32/h1-13,19,24H,14H2,(H,33,35,36). The van der Waals surface area contributed by atoms with Crippen LogP contribution >= 0.6 is 11.3 Å². The lowest BCUT2D eigenvalue weighted by atomic mass is 9.90. The summed E-state index contributed by atoms with van der Waals surface area (Å²) in [6.07, 6.45) is -3.22. The number of aromatic nitrogens is 1. The van der Waals surface area contributed by atoms with Gasteiger partial charge in [0.25, 0.3) is 0 Å². The molecule has 0 saturated carbocycles. The predicted octanol–water partition coefficient (Wildman–Crippen LogP) is 7.18. The fourth-order valence-electron chi connectivity index (χ4n) is 4.32. The molecule has 0 radical (unpaired) electrons. The maximum absolute atomic E-state index is 14.5. The van der Waals surface area contributed by atoms with Crippen LogP contribution in [0.25, 0.3) is 11.1 Å². The van der Waals surface area contributed by atoms with Crippen molar-refractivity contribution in [2.75, 3.05) is 5.32 Å². The van der Waals surface area contributed by atoms with E-state index in [1.807, 2.05) is 0 Å². The van der Waals surface area contributed by atoms with Gasteiger partial charge in [0.1, 0.15) is 17.4 Å². The van der Waals surface area contributed by atoms with Gasteiger partial charge in [0.15, 0.2) is 5.13 Å². The smallest absolute Gasteiger partial charge is 0.406 e. The van der Waals surface area contributed by atoms with E-state index in [4.69, 9.17) is 0 Å². The highest BCUT2D eigenvalue weighted by molar-refractivity contribution is 7.13. The highest BCUT2D eigenvalue weighted by Crippen LogP contribution is 2.39. The Morgan fingerprint density at radius 3 is 2.16 bits per heavy atom. The van der Waals surface area contributed by atoms with Crippen molar-refractivity contribution in [1.29, 1.82) is 0 Å². The summed E-state index contributed by atoms with van der Waals surface area (Å²) in [5, 5.41) is 4.84. The van der Waals surface area contributed by atoms with E-state index in [0.717, 1.165) is 12.1 Å². The van der Waals surface area contributed by atoms with E-state index < -0.39 is 30.0 Å². The van der Waals surface area contributed by atoms with E-state index in [1.54, 1.807) is 35.8 Å². The topological polar surface area (TPSA) is 63.6 Å². The van der Waals surface area contributed by atoms with Gasteiger partial charge in [0.2, 0.25) is 5.91 Å². The van der Waals surface area contributed by atoms with Crippen molar-refractivity contribution in [1.82, 2.24) is 4.98 Å². The number of ether oxygens (including phenoxy) is 1. The number of hydrogen-bond donors (Lipinski definition) is 1. The second kappa shape index (κ2) is 10.3. The molecule has 1 aromatic heterocycles. The van der Waals surface area contributed by atoms with Crippen molar-refractivity contribution in [3.63, 3.8) is 0 Å². The Balaban J connectivity index is 1.43. The fraction of sp³-hybridized carbons (Fsp3) is 0.148. The van der Waals surface area contributed by atoms with Crippen LogP contribution in [-0.2, 0) is 4.79 Å². The molecule has 1 N–H and O–H groups in total. The summed E-state index contributed by atoms with van der Waals surface area (Å²) in [7, 11) is 0. The summed E-state index contributed by atoms with van der Waals surface area (Å²) in [5.41, 5.74) is 1.87. The SMILES string of the molecule is O=C(Nc1nccs1)C1CC(c2c(F)cccc2F)=NC1c1ccc(-c2ccc(OC(F)(F)F)cc2)cc1. The van der Waals surface area contributed by atoms with E-state index in [9.17, 15) is 26.7 Å². The normalized spacial score (nSPS) is 17.2. The summed E-state index contributed by atoms with van der Waals surface area (Å²) in [6.45, 7) is 0. The molecule has 5 nitrogen and oxygen atoms in total. The molecule has 0 saturated heterocycles. The summed E-state index contributed by atoms with van der Waals surface area (Å²) in [6, 6.07) is 15.2. The predicted molar refractivity (Wildman–Crippen MR) is 133 cm³/mol. The van der Waals surface area contributed by atoms with Crippen LogP contribution in [0.3, 0.4) is 0 Å². The molecule has 0 aliphatic carbocycles. The molecule has 0 bridgehead atoms. The summed E-state index contributed by atoms with van der Waals surface area (Å²) < 4.78 is 70.2. The van der Waals surface area contributed by atoms with Crippen molar-refractivity contribution in [3.8, 4) is 16.9 Å². The quantitative estimate of drug-likeness (QED) is 0.262. The van der Waals surface area contributed by atoms with Gasteiger partial charge < -0.3 is 10.1 Å². The molecular formula is C27H18F5N3O2S. The number of carbonyl (C=O) groups is 1. The van der Waals surface area contributed by atoms with Gasteiger partial charge in [-0.25, -0.2) is 13.8 Å². The molecule has 194 valence electrons. The number of anilines is 1. The number of carbonyl (C=O) groups excluding carboxylic acids is 1. The lowest BCUT2D eigenvalue weighted by molar-refractivity contribution is -0.274. The van der Waals surface area contributed by atoms with Crippen LogP contribution in [0.5, 0.6) is 5.75 Å². The van der Waals surface area contributed by atoms with Crippen molar-refractivity contribution in [2.24, 2.45) is 10.9 Å². The number of hydrogen-bond acceptors (Lipinski definition) is 5. The van der Waals surface area contributed by atoms with Crippen LogP contribution in [0.4, 0.5) is 27.1 Å². The average Bonchev–Trinajstić information content (AvgIpc) is 3.54. The van der Waals surface area contributed by atoms with E-state index in [-0.39, 0.29) is 29.4 Å². The molecule has 4 aromatic rings. The first kappa shape index (κ1) is 25.5. The Kier molecular flexibility index (Phi) is 6.94. The van der Waals surface area contributed by atoms with Gasteiger partial charge in [-0.3, -0.25) is 9.79 Å². The molecule has 2 heterocycles. The minimum Gasteiger partial charge on any atom is -0.406 e. The Morgan fingerprint density at radius 1 is 0.947 bits per heavy atom. The molecule has 0 fully saturated rings. The largest absolute Gasteiger partial charge is 0.573 e. The summed E-state index contributed by atoms with van der Waals surface area (Å²) in [5.74, 6) is -3.00. The molecule has 1 aliphatic heterocycles. The van der Waals surface area contributed by atoms with Crippen molar-refractivity contribution in [3.05, 3.63) is 101 Å². The van der Waals surface area contributed by atoms with E-state index in [2.05, 4.69) is 20.0 Å². The van der Waals surface area contributed by atoms with Crippen molar-refractivity contribution in [2.45, 2.75) is 18.8 Å². The van der Waals surface area contributed by atoms with Crippen LogP contribution in [-0.4, -0.2) is 23.0 Å². The second-order valence-corrected chi connectivity index (χ2v) is 9.34. The number of rotatable bonds is 6. The number of alkyl halides is 3. The molecule has 1 aliphatic rings. The molecule has 2 atom stereocenters. The van der Waals surface area contributed by atoms with Gasteiger partial charge in [-0.15, -0.1) is 24.5 Å². The molecular weight excluding hydrogens is 525 g/mol. The number of nitrogens with zero attached hydrogens (tertiary/aromatic N) is 2. The Bertz CT molecular complexity index is 1450. The van der Waals surface area contributed by atoms with Gasteiger partial charge in [-0.2, -0.15) is 0 Å². The monoisotopic (exact) mass is 543 g/mol. The number of halogens is 5. The van der Waals surface area contributed by atoms with Gasteiger partial charge in [-0.1, -0.05) is 42.5 Å². The molecule has 2 unspecified atom stereocenters. The van der Waals surface area contributed by atoms with Crippen LogP contribution in [0.2, 0.25) is 0 Å². The van der Waals surface area contributed by atoms with Crippen LogP contribution < -0.4 is 10.1 Å². The van der Waals surface area contributed by atoms with Crippen LogP contribution in [0.15, 0.2) is 83.3 Å². The Labute approximate surface area is 217 Å². The van der Waals surface area contributed by atoms with Crippen molar-refractivity contribution < 1.29 is 31.5 Å². The van der Waals surface area contributed by atoms with Crippen LogP contribution in [0.1, 0.15) is 23.6 Å². The first-order chi connectivity index (χ1) is 18.2.